The van der Waals surface area contributed by atoms with Crippen molar-refractivity contribution in [2.24, 2.45) is 0 Å². The summed E-state index contributed by atoms with van der Waals surface area (Å²) < 4.78 is 5.61. The van der Waals surface area contributed by atoms with Gasteiger partial charge in [0, 0.05) is 0 Å². The number of unbranched alkanes of at least 4 members (excludes halogenated alkanes) is 1. The molecule has 0 spiro atoms. The van der Waals surface area contributed by atoms with Crippen molar-refractivity contribution in [3.63, 3.8) is 0 Å². The molecule has 0 heterocycles. The summed E-state index contributed by atoms with van der Waals surface area (Å²) >= 11 is 0. The summed E-state index contributed by atoms with van der Waals surface area (Å²) in [5, 5.41) is 0. The fraction of sp³-hybridized carbons (Fsp3) is 0.571. The number of hydrogen-bond acceptors (Lipinski definition) is 1. The summed E-state index contributed by atoms with van der Waals surface area (Å²) in [5.41, 5.74) is 2.54. The lowest BCUT2D eigenvalue weighted by Crippen LogP contribution is -1.96. The summed E-state index contributed by atoms with van der Waals surface area (Å²) in [6.45, 7) is 11.2. The van der Waals surface area contributed by atoms with Crippen LogP contribution < -0.4 is 4.74 Å². The first-order valence-electron chi connectivity index (χ1n) is 5.93. The van der Waals surface area contributed by atoms with Gasteiger partial charge >= 0.3 is 0 Å². The molecule has 0 aliphatic rings. The van der Waals surface area contributed by atoms with Crippen LogP contribution in [0, 0.1) is 13.8 Å². The Kier molecular flexibility index (Phi) is 7.79. The van der Waals surface area contributed by atoms with Crippen molar-refractivity contribution < 1.29 is 4.74 Å². The lowest BCUT2D eigenvalue weighted by molar-refractivity contribution is 0.309. The maximum atomic E-state index is 5.61. The van der Waals surface area contributed by atoms with E-state index in [2.05, 4.69) is 39.0 Å². The Bertz CT molecular complexity index is 246. The molecule has 0 aromatic heterocycles. The molecule has 15 heavy (non-hydrogen) atoms. The topological polar surface area (TPSA) is 9.23 Å². The molecule has 0 aliphatic heterocycles. The van der Waals surface area contributed by atoms with Gasteiger partial charge in [0.1, 0.15) is 5.75 Å². The monoisotopic (exact) mass is 208 g/mol. The minimum atomic E-state index is 0.833. The molecule has 1 aromatic rings. The third-order valence-electron chi connectivity index (χ3n) is 1.96. The van der Waals surface area contributed by atoms with Crippen LogP contribution in [0.3, 0.4) is 0 Å². The summed E-state index contributed by atoms with van der Waals surface area (Å²) in [5.74, 6) is 1.01. The molecule has 0 saturated carbocycles. The molecule has 0 fully saturated rings. The average Bonchev–Trinajstić information content (AvgIpc) is 2.20. The van der Waals surface area contributed by atoms with Gasteiger partial charge in [0.15, 0.2) is 0 Å². The minimum absolute atomic E-state index is 0.833. The van der Waals surface area contributed by atoms with Crippen molar-refractivity contribution in [1.82, 2.24) is 0 Å². The predicted molar refractivity (Wildman–Crippen MR) is 67.7 cm³/mol. The first-order chi connectivity index (χ1) is 7.22. The largest absolute Gasteiger partial charge is 0.494 e. The molecular weight excluding hydrogens is 184 g/mol. The minimum Gasteiger partial charge on any atom is -0.494 e. The number of aryl methyl sites for hydroxylation is 2. The van der Waals surface area contributed by atoms with E-state index in [1.807, 2.05) is 13.8 Å². The predicted octanol–water partition coefficient (Wildman–Crippen LogP) is 4.51. The lowest BCUT2D eigenvalue weighted by Gasteiger charge is -2.07. The first kappa shape index (κ1) is 14.0. The zero-order valence-electron chi connectivity index (χ0n) is 10.8. The van der Waals surface area contributed by atoms with Crippen LogP contribution >= 0.6 is 0 Å². The van der Waals surface area contributed by atoms with Crippen molar-refractivity contribution in [2.75, 3.05) is 6.61 Å². The zero-order valence-corrected chi connectivity index (χ0v) is 10.8. The Hall–Kier alpha value is -0.980. The first-order valence-corrected chi connectivity index (χ1v) is 5.93. The molecule has 0 amide bonds. The maximum Gasteiger partial charge on any atom is 0.119 e. The van der Waals surface area contributed by atoms with E-state index in [-0.39, 0.29) is 0 Å². The number of benzene rings is 1. The van der Waals surface area contributed by atoms with Gasteiger partial charge in [0.2, 0.25) is 0 Å². The molecule has 1 rings (SSSR count). The molecule has 0 atom stereocenters. The van der Waals surface area contributed by atoms with E-state index in [1.165, 1.54) is 17.5 Å². The van der Waals surface area contributed by atoms with Gasteiger partial charge in [-0.05, 0) is 43.5 Å². The van der Waals surface area contributed by atoms with Crippen LogP contribution in [0.4, 0.5) is 0 Å². The van der Waals surface area contributed by atoms with E-state index in [0.717, 1.165) is 18.8 Å². The van der Waals surface area contributed by atoms with Crippen LogP contribution in [-0.4, -0.2) is 6.61 Å². The van der Waals surface area contributed by atoms with E-state index in [9.17, 15) is 0 Å². The molecule has 86 valence electrons. The smallest absolute Gasteiger partial charge is 0.119 e. The summed E-state index contributed by atoms with van der Waals surface area (Å²) in [6.07, 6.45) is 2.32. The second-order valence-electron chi connectivity index (χ2n) is 3.53. The highest BCUT2D eigenvalue weighted by atomic mass is 16.5. The quantitative estimate of drug-likeness (QED) is 0.661. The molecule has 0 N–H and O–H groups in total. The summed E-state index contributed by atoms with van der Waals surface area (Å²) in [4.78, 5) is 0. The van der Waals surface area contributed by atoms with Crippen molar-refractivity contribution in [3.8, 4) is 5.75 Å². The Morgan fingerprint density at radius 1 is 1.00 bits per heavy atom. The third-order valence-corrected chi connectivity index (χ3v) is 1.96. The van der Waals surface area contributed by atoms with Gasteiger partial charge in [-0.2, -0.15) is 0 Å². The molecule has 1 nitrogen and oxygen atoms in total. The lowest BCUT2D eigenvalue weighted by atomic mass is 10.1. The van der Waals surface area contributed by atoms with E-state index in [4.69, 9.17) is 4.74 Å². The van der Waals surface area contributed by atoms with E-state index < -0.39 is 0 Å². The fourth-order valence-corrected chi connectivity index (χ4v) is 1.35. The number of rotatable bonds is 4. The van der Waals surface area contributed by atoms with E-state index in [0.29, 0.717) is 0 Å². The van der Waals surface area contributed by atoms with Crippen LogP contribution in [0.1, 0.15) is 44.7 Å². The zero-order chi connectivity index (χ0) is 11.7. The van der Waals surface area contributed by atoms with Gasteiger partial charge in [-0.3, -0.25) is 0 Å². The maximum absolute atomic E-state index is 5.61. The third kappa shape index (κ3) is 6.16. The van der Waals surface area contributed by atoms with Crippen LogP contribution in [0.25, 0.3) is 0 Å². The van der Waals surface area contributed by atoms with Gasteiger partial charge in [0.05, 0.1) is 6.61 Å². The second kappa shape index (κ2) is 8.34. The SMILES string of the molecule is CC.CCCCOc1cc(C)cc(C)c1. The van der Waals surface area contributed by atoms with E-state index in [1.54, 1.807) is 0 Å². The standard InChI is InChI=1S/C12H18O.C2H6/c1-4-5-6-13-12-8-10(2)7-11(3)9-12;1-2/h7-9H,4-6H2,1-3H3;1-2H3. The molecule has 0 radical (unpaired) electrons. The molecule has 0 bridgehead atoms. The van der Waals surface area contributed by atoms with Crippen molar-refractivity contribution >= 4 is 0 Å². The second-order valence-corrected chi connectivity index (χ2v) is 3.53. The highest BCUT2D eigenvalue weighted by molar-refractivity contribution is 5.32. The van der Waals surface area contributed by atoms with Crippen molar-refractivity contribution in [3.05, 3.63) is 29.3 Å². The van der Waals surface area contributed by atoms with Gasteiger partial charge in [-0.25, -0.2) is 0 Å². The Labute approximate surface area is 94.5 Å². The van der Waals surface area contributed by atoms with Gasteiger partial charge in [-0.15, -0.1) is 0 Å². The normalized spacial score (nSPS) is 9.13. The van der Waals surface area contributed by atoms with Gasteiger partial charge in [-0.1, -0.05) is 33.3 Å². The van der Waals surface area contributed by atoms with E-state index >= 15 is 0 Å². The number of ether oxygens (including phenoxy) is 1. The summed E-state index contributed by atoms with van der Waals surface area (Å²) in [6, 6.07) is 6.33. The van der Waals surface area contributed by atoms with Crippen LogP contribution in [-0.2, 0) is 0 Å². The van der Waals surface area contributed by atoms with Crippen LogP contribution in [0.5, 0.6) is 5.75 Å². The molecule has 0 aliphatic carbocycles. The van der Waals surface area contributed by atoms with Gasteiger partial charge in [0.25, 0.3) is 0 Å². The molecule has 0 saturated heterocycles. The highest BCUT2D eigenvalue weighted by Crippen LogP contribution is 2.16. The Balaban J connectivity index is 0.000000921. The molecular formula is C14H24O. The highest BCUT2D eigenvalue weighted by Gasteiger charge is 1.95. The van der Waals surface area contributed by atoms with Crippen molar-refractivity contribution in [2.45, 2.75) is 47.5 Å². The molecule has 1 heteroatoms. The Morgan fingerprint density at radius 3 is 2.00 bits per heavy atom. The fourth-order valence-electron chi connectivity index (χ4n) is 1.35. The van der Waals surface area contributed by atoms with Crippen LogP contribution in [0.2, 0.25) is 0 Å². The molecule has 0 unspecified atom stereocenters. The number of hydrogen-bond donors (Lipinski definition) is 0. The summed E-state index contributed by atoms with van der Waals surface area (Å²) in [7, 11) is 0. The molecule has 1 aromatic carbocycles. The Morgan fingerprint density at radius 2 is 1.53 bits per heavy atom. The van der Waals surface area contributed by atoms with Gasteiger partial charge < -0.3 is 4.74 Å². The van der Waals surface area contributed by atoms with Crippen LogP contribution in [0.15, 0.2) is 18.2 Å². The van der Waals surface area contributed by atoms with Crippen molar-refractivity contribution in [1.29, 1.82) is 0 Å². The average molecular weight is 208 g/mol.